The number of imidazole rings is 1. The number of nitrogens with zero attached hydrogens (tertiary/aromatic N) is 2. The molecule has 1 heterocycles. The molecule has 6 heteroatoms. The van der Waals surface area contributed by atoms with Crippen LogP contribution in [0, 0.1) is 6.92 Å². The van der Waals surface area contributed by atoms with E-state index in [1.165, 1.54) is 19.6 Å². The maximum atomic E-state index is 12.7. The zero-order valence-electron chi connectivity index (χ0n) is 12.9. The molecule has 1 aromatic carbocycles. The minimum Gasteiger partial charge on any atom is -0.495 e. The van der Waals surface area contributed by atoms with Crippen LogP contribution >= 0.6 is 0 Å². The highest BCUT2D eigenvalue weighted by molar-refractivity contribution is 7.90. The fourth-order valence-corrected chi connectivity index (χ4v) is 3.36. The third kappa shape index (κ3) is 2.95. The minimum absolute atomic E-state index is 0.148. The summed E-state index contributed by atoms with van der Waals surface area (Å²) in [5, 5.41) is 0. The number of benzene rings is 1. The molecule has 2 aromatic rings. The second-order valence-corrected chi connectivity index (χ2v) is 7.78. The fourth-order valence-electron chi connectivity index (χ4n) is 1.99. The molecule has 1 aromatic heterocycles. The van der Waals surface area contributed by atoms with E-state index in [4.69, 9.17) is 4.74 Å². The molecule has 0 bridgehead atoms. The fraction of sp³-hybridized carbons (Fsp3) is 0.400. The van der Waals surface area contributed by atoms with Crippen molar-refractivity contribution >= 4 is 10.0 Å². The summed E-state index contributed by atoms with van der Waals surface area (Å²) < 4.78 is 31.8. The van der Waals surface area contributed by atoms with Crippen LogP contribution in [0.2, 0.25) is 0 Å². The molecule has 0 saturated carbocycles. The molecule has 0 unspecified atom stereocenters. The lowest BCUT2D eigenvalue weighted by molar-refractivity contribution is 0.401. The van der Waals surface area contributed by atoms with Crippen molar-refractivity contribution in [2.75, 3.05) is 7.11 Å². The molecule has 0 N–H and O–H groups in total. The summed E-state index contributed by atoms with van der Waals surface area (Å²) in [7, 11) is -2.25. The average Bonchev–Trinajstić information content (AvgIpc) is 2.84. The second-order valence-electron chi connectivity index (χ2n) is 5.97. The van der Waals surface area contributed by atoms with E-state index in [0.29, 0.717) is 11.4 Å². The van der Waals surface area contributed by atoms with Gasteiger partial charge >= 0.3 is 0 Å². The Hall–Kier alpha value is -1.82. The lowest BCUT2D eigenvalue weighted by atomic mass is 9.87. The Morgan fingerprint density at radius 2 is 1.90 bits per heavy atom. The number of ether oxygens (including phenoxy) is 1. The van der Waals surface area contributed by atoms with Gasteiger partial charge in [-0.3, -0.25) is 0 Å². The summed E-state index contributed by atoms with van der Waals surface area (Å²) in [6, 6.07) is 5.25. The molecule has 21 heavy (non-hydrogen) atoms. The van der Waals surface area contributed by atoms with Gasteiger partial charge in [-0.2, -0.15) is 0 Å². The molecular weight excluding hydrogens is 288 g/mol. The zero-order chi connectivity index (χ0) is 15.8. The van der Waals surface area contributed by atoms with Crippen LogP contribution < -0.4 is 4.74 Å². The molecular formula is C15H20N2O3S. The molecule has 0 aliphatic carbocycles. The van der Waals surface area contributed by atoms with Crippen LogP contribution in [0.5, 0.6) is 5.75 Å². The number of aryl methyl sites for hydroxylation is 1. The Kier molecular flexibility index (Phi) is 3.84. The first-order valence-corrected chi connectivity index (χ1v) is 8.05. The van der Waals surface area contributed by atoms with Gasteiger partial charge in [0.1, 0.15) is 17.0 Å². The summed E-state index contributed by atoms with van der Waals surface area (Å²) >= 11 is 0. The zero-order valence-corrected chi connectivity index (χ0v) is 13.7. The van der Waals surface area contributed by atoms with Crippen molar-refractivity contribution in [1.82, 2.24) is 8.96 Å². The van der Waals surface area contributed by atoms with E-state index >= 15 is 0 Å². The first-order valence-electron chi connectivity index (χ1n) is 6.61. The van der Waals surface area contributed by atoms with Crippen molar-refractivity contribution in [3.63, 3.8) is 0 Å². The Morgan fingerprint density at radius 1 is 1.24 bits per heavy atom. The van der Waals surface area contributed by atoms with Gasteiger partial charge in [-0.1, -0.05) is 26.8 Å². The lowest BCUT2D eigenvalue weighted by Gasteiger charge is -2.21. The number of rotatable bonds is 3. The molecule has 0 fully saturated rings. The van der Waals surface area contributed by atoms with E-state index in [0.717, 1.165) is 9.54 Å². The van der Waals surface area contributed by atoms with Crippen molar-refractivity contribution in [2.45, 2.75) is 38.0 Å². The first-order chi connectivity index (χ1) is 9.66. The molecule has 0 atom stereocenters. The van der Waals surface area contributed by atoms with E-state index in [-0.39, 0.29) is 10.3 Å². The molecule has 0 spiro atoms. The van der Waals surface area contributed by atoms with Gasteiger partial charge < -0.3 is 4.74 Å². The SMILES string of the molecule is COc1ccc(C(C)(C)C)cc1S(=O)(=O)n1cnc(C)c1. The molecule has 114 valence electrons. The van der Waals surface area contributed by atoms with Crippen LogP contribution in [0.4, 0.5) is 0 Å². The van der Waals surface area contributed by atoms with Crippen molar-refractivity contribution in [1.29, 1.82) is 0 Å². The Balaban J connectivity index is 2.66. The van der Waals surface area contributed by atoms with E-state index in [2.05, 4.69) is 4.98 Å². The average molecular weight is 308 g/mol. The first kappa shape index (κ1) is 15.6. The third-order valence-electron chi connectivity index (χ3n) is 3.27. The third-order valence-corrected chi connectivity index (χ3v) is 4.90. The summed E-state index contributed by atoms with van der Waals surface area (Å²) in [4.78, 5) is 4.13. The topological polar surface area (TPSA) is 61.2 Å². The second kappa shape index (κ2) is 5.18. The lowest BCUT2D eigenvalue weighted by Crippen LogP contribution is -2.16. The predicted octanol–water partition coefficient (Wildman–Crippen LogP) is 2.73. The predicted molar refractivity (Wildman–Crippen MR) is 81.2 cm³/mol. The van der Waals surface area contributed by atoms with Crippen LogP contribution in [0.3, 0.4) is 0 Å². The smallest absolute Gasteiger partial charge is 0.272 e. The van der Waals surface area contributed by atoms with Crippen LogP contribution in [-0.2, 0) is 15.4 Å². The van der Waals surface area contributed by atoms with E-state index in [1.807, 2.05) is 26.8 Å². The highest BCUT2D eigenvalue weighted by Gasteiger charge is 2.25. The molecule has 5 nitrogen and oxygen atoms in total. The Labute approximate surface area is 125 Å². The standard InChI is InChI=1S/C15H20N2O3S/c1-11-9-17(10-16-11)21(18,19)14-8-12(15(2,3)4)6-7-13(14)20-5/h6-10H,1-5H3. The molecule has 0 aliphatic heterocycles. The normalized spacial score (nSPS) is 12.4. The largest absolute Gasteiger partial charge is 0.495 e. The summed E-state index contributed by atoms with van der Waals surface area (Å²) in [5.41, 5.74) is 1.42. The Morgan fingerprint density at radius 3 is 2.38 bits per heavy atom. The van der Waals surface area contributed by atoms with Crippen LogP contribution in [-0.4, -0.2) is 24.5 Å². The van der Waals surface area contributed by atoms with E-state index < -0.39 is 10.0 Å². The number of hydrogen-bond donors (Lipinski definition) is 0. The molecule has 0 saturated heterocycles. The summed E-state index contributed by atoms with van der Waals surface area (Å²) in [6.07, 6.45) is 2.78. The highest BCUT2D eigenvalue weighted by atomic mass is 32.2. The van der Waals surface area contributed by atoms with Crippen molar-refractivity contribution in [3.8, 4) is 5.75 Å². The summed E-state index contributed by atoms with van der Waals surface area (Å²) in [6.45, 7) is 7.85. The monoisotopic (exact) mass is 308 g/mol. The van der Waals surface area contributed by atoms with Gasteiger partial charge in [0.25, 0.3) is 10.0 Å². The van der Waals surface area contributed by atoms with Crippen LogP contribution in [0.1, 0.15) is 32.0 Å². The molecule has 0 amide bonds. The van der Waals surface area contributed by atoms with Gasteiger partial charge in [-0.25, -0.2) is 17.4 Å². The number of aromatic nitrogens is 2. The molecule has 0 radical (unpaired) electrons. The quantitative estimate of drug-likeness (QED) is 0.874. The Bertz CT molecular complexity index is 755. The van der Waals surface area contributed by atoms with Crippen molar-refractivity contribution in [2.24, 2.45) is 0 Å². The van der Waals surface area contributed by atoms with Crippen LogP contribution in [0.25, 0.3) is 0 Å². The van der Waals surface area contributed by atoms with Gasteiger partial charge in [0, 0.05) is 6.20 Å². The molecule has 0 aliphatic rings. The number of methoxy groups -OCH3 is 1. The maximum Gasteiger partial charge on any atom is 0.272 e. The van der Waals surface area contributed by atoms with Gasteiger partial charge in [0.15, 0.2) is 0 Å². The van der Waals surface area contributed by atoms with Gasteiger partial charge in [-0.15, -0.1) is 0 Å². The maximum absolute atomic E-state index is 12.7. The summed E-state index contributed by atoms with van der Waals surface area (Å²) in [5.74, 6) is 0.328. The molecule has 2 rings (SSSR count). The van der Waals surface area contributed by atoms with E-state index in [1.54, 1.807) is 19.1 Å². The van der Waals surface area contributed by atoms with Gasteiger partial charge in [0.2, 0.25) is 0 Å². The van der Waals surface area contributed by atoms with Crippen molar-refractivity contribution in [3.05, 3.63) is 42.0 Å². The van der Waals surface area contributed by atoms with Crippen molar-refractivity contribution < 1.29 is 13.2 Å². The number of hydrogen-bond acceptors (Lipinski definition) is 4. The minimum atomic E-state index is -3.71. The van der Waals surface area contributed by atoms with Gasteiger partial charge in [-0.05, 0) is 30.0 Å². The van der Waals surface area contributed by atoms with Crippen LogP contribution in [0.15, 0.2) is 35.6 Å². The highest BCUT2D eigenvalue weighted by Crippen LogP contribution is 2.31. The van der Waals surface area contributed by atoms with E-state index in [9.17, 15) is 8.42 Å². The van der Waals surface area contributed by atoms with Gasteiger partial charge in [0.05, 0.1) is 12.8 Å².